The van der Waals surface area contributed by atoms with E-state index in [0.717, 1.165) is 4.57 Å². The van der Waals surface area contributed by atoms with Crippen LogP contribution < -0.4 is 10.6 Å². The van der Waals surface area contributed by atoms with E-state index < -0.39 is 24.0 Å². The summed E-state index contributed by atoms with van der Waals surface area (Å²) in [4.78, 5) is 7.77. The molecule has 3 N–H and O–H groups in total. The van der Waals surface area contributed by atoms with Gasteiger partial charge in [0, 0.05) is 45.5 Å². The predicted molar refractivity (Wildman–Crippen MR) is 117 cm³/mol. The number of halogens is 5. The van der Waals surface area contributed by atoms with Crippen LogP contribution in [0.3, 0.4) is 0 Å². The molecular formula is C19H26F4IN5O. The number of guanidine groups is 1. The van der Waals surface area contributed by atoms with Gasteiger partial charge in [0.05, 0.1) is 0 Å². The van der Waals surface area contributed by atoms with Crippen molar-refractivity contribution >= 4 is 29.9 Å². The molecule has 0 aliphatic heterocycles. The molecule has 0 amide bonds. The van der Waals surface area contributed by atoms with Crippen molar-refractivity contribution in [3.8, 4) is 0 Å². The zero-order valence-electron chi connectivity index (χ0n) is 16.7. The van der Waals surface area contributed by atoms with Gasteiger partial charge in [-0.2, -0.15) is 13.2 Å². The first-order valence-electron chi connectivity index (χ1n) is 9.21. The average molecular weight is 543 g/mol. The van der Waals surface area contributed by atoms with Crippen molar-refractivity contribution in [2.45, 2.75) is 31.5 Å². The summed E-state index contributed by atoms with van der Waals surface area (Å²) in [5.74, 6) is -0.521. The Labute approximate surface area is 189 Å². The van der Waals surface area contributed by atoms with Crippen molar-refractivity contribution in [3.05, 3.63) is 53.9 Å². The Balaban J connectivity index is 0.00000450. The quantitative estimate of drug-likeness (QED) is 0.207. The number of aliphatic hydroxyl groups is 1. The molecule has 0 radical (unpaired) electrons. The number of hydrogen-bond acceptors (Lipinski definition) is 3. The largest absolute Gasteiger partial charge is 0.424 e. The third kappa shape index (κ3) is 6.56. The number of benzene rings is 1. The molecule has 30 heavy (non-hydrogen) atoms. The van der Waals surface area contributed by atoms with Crippen molar-refractivity contribution in [1.29, 1.82) is 0 Å². The van der Waals surface area contributed by atoms with Gasteiger partial charge in [0.2, 0.25) is 5.60 Å². The minimum Gasteiger partial charge on any atom is -0.374 e. The molecule has 1 aromatic heterocycles. The van der Waals surface area contributed by atoms with E-state index in [-0.39, 0.29) is 42.3 Å². The van der Waals surface area contributed by atoms with Gasteiger partial charge in [-0.3, -0.25) is 4.99 Å². The van der Waals surface area contributed by atoms with E-state index >= 15 is 0 Å². The van der Waals surface area contributed by atoms with E-state index in [4.69, 9.17) is 0 Å². The lowest BCUT2D eigenvalue weighted by Gasteiger charge is -2.29. The standard InChI is InChI=1S/C19H25F4N5O.HI/c1-3-24-17(26-10-8-14-6-4-5-7-15(14)20)27-11-9-18(29,19(21,22)23)16-25-12-13-28(16)2;/h4-7,12-13,29H,3,8-11H2,1-2H3,(H2,24,26,27);1H. The number of nitrogens with one attached hydrogen (secondary N) is 2. The SMILES string of the molecule is CCNC(=NCCC(O)(c1nccn1C)C(F)(F)F)NCCc1ccccc1F.I. The summed E-state index contributed by atoms with van der Waals surface area (Å²) >= 11 is 0. The summed E-state index contributed by atoms with van der Waals surface area (Å²) in [5, 5.41) is 16.2. The van der Waals surface area contributed by atoms with E-state index in [1.165, 1.54) is 25.5 Å². The molecule has 0 saturated heterocycles. The van der Waals surface area contributed by atoms with Gasteiger partial charge in [-0.05, 0) is 25.0 Å². The summed E-state index contributed by atoms with van der Waals surface area (Å²) in [7, 11) is 1.39. The lowest BCUT2D eigenvalue weighted by molar-refractivity contribution is -0.272. The molecule has 1 atom stereocenters. The zero-order valence-corrected chi connectivity index (χ0v) is 19.0. The molecule has 0 saturated carbocycles. The molecule has 0 spiro atoms. The van der Waals surface area contributed by atoms with Gasteiger partial charge in [0.1, 0.15) is 11.6 Å². The van der Waals surface area contributed by atoms with Gasteiger partial charge >= 0.3 is 6.18 Å². The summed E-state index contributed by atoms with van der Waals surface area (Å²) in [6.45, 7) is 2.36. The number of aryl methyl sites for hydroxylation is 1. The Morgan fingerprint density at radius 3 is 2.50 bits per heavy atom. The zero-order chi connectivity index (χ0) is 21.5. The van der Waals surface area contributed by atoms with E-state index in [9.17, 15) is 22.7 Å². The van der Waals surface area contributed by atoms with Crippen molar-refractivity contribution in [1.82, 2.24) is 20.2 Å². The minimum absolute atomic E-state index is 0. The van der Waals surface area contributed by atoms with Gasteiger partial charge in [0.25, 0.3) is 0 Å². The normalized spacial score (nSPS) is 14.0. The second-order valence-electron chi connectivity index (χ2n) is 6.50. The van der Waals surface area contributed by atoms with Gasteiger partial charge < -0.3 is 20.3 Å². The maximum Gasteiger partial charge on any atom is 0.424 e. The van der Waals surface area contributed by atoms with E-state index in [0.29, 0.717) is 25.1 Å². The predicted octanol–water partition coefficient (Wildman–Crippen LogP) is 3.12. The molecule has 0 fully saturated rings. The molecule has 168 valence electrons. The van der Waals surface area contributed by atoms with E-state index in [2.05, 4.69) is 20.6 Å². The van der Waals surface area contributed by atoms with Crippen LogP contribution >= 0.6 is 24.0 Å². The molecule has 0 bridgehead atoms. The van der Waals surface area contributed by atoms with Gasteiger partial charge in [0.15, 0.2) is 5.96 Å². The Morgan fingerprint density at radius 1 is 1.23 bits per heavy atom. The Hall–Kier alpha value is -1.89. The first-order chi connectivity index (χ1) is 13.7. The van der Waals surface area contributed by atoms with Crippen LogP contribution in [-0.4, -0.2) is 46.4 Å². The second-order valence-corrected chi connectivity index (χ2v) is 6.50. The average Bonchev–Trinajstić information content (AvgIpc) is 3.08. The highest BCUT2D eigenvalue weighted by molar-refractivity contribution is 14.0. The first-order valence-corrected chi connectivity index (χ1v) is 9.21. The highest BCUT2D eigenvalue weighted by atomic mass is 127. The van der Waals surface area contributed by atoms with Crippen LogP contribution in [0.1, 0.15) is 24.7 Å². The van der Waals surface area contributed by atoms with Crippen LogP contribution in [0.2, 0.25) is 0 Å². The number of rotatable bonds is 8. The first kappa shape index (κ1) is 26.1. The van der Waals surface area contributed by atoms with E-state index in [1.807, 2.05) is 6.92 Å². The number of aromatic nitrogens is 2. The van der Waals surface area contributed by atoms with E-state index in [1.54, 1.807) is 18.2 Å². The summed E-state index contributed by atoms with van der Waals surface area (Å²) in [6, 6.07) is 6.36. The molecule has 0 aliphatic carbocycles. The highest BCUT2D eigenvalue weighted by Gasteiger charge is 2.57. The lowest BCUT2D eigenvalue weighted by Crippen LogP contribution is -2.45. The van der Waals surface area contributed by atoms with Crippen molar-refractivity contribution in [3.63, 3.8) is 0 Å². The van der Waals surface area contributed by atoms with Crippen LogP contribution in [-0.2, 0) is 19.1 Å². The topological polar surface area (TPSA) is 74.5 Å². The van der Waals surface area contributed by atoms with Crippen molar-refractivity contribution in [2.24, 2.45) is 12.0 Å². The Morgan fingerprint density at radius 2 is 1.93 bits per heavy atom. The summed E-state index contributed by atoms with van der Waals surface area (Å²) in [6.07, 6.45) is -2.67. The lowest BCUT2D eigenvalue weighted by atomic mass is 9.98. The molecule has 1 aromatic carbocycles. The smallest absolute Gasteiger partial charge is 0.374 e. The van der Waals surface area contributed by atoms with Crippen LogP contribution in [0.5, 0.6) is 0 Å². The summed E-state index contributed by atoms with van der Waals surface area (Å²) in [5.41, 5.74) is -2.59. The van der Waals surface area contributed by atoms with Gasteiger partial charge in [-0.1, -0.05) is 18.2 Å². The molecule has 6 nitrogen and oxygen atoms in total. The maximum atomic E-state index is 13.7. The molecule has 2 aromatic rings. The monoisotopic (exact) mass is 543 g/mol. The number of nitrogens with zero attached hydrogens (tertiary/aromatic N) is 3. The van der Waals surface area contributed by atoms with Gasteiger partial charge in [-0.15, -0.1) is 24.0 Å². The third-order valence-corrected chi connectivity index (χ3v) is 4.39. The molecule has 2 rings (SSSR count). The molecule has 1 heterocycles. The number of alkyl halides is 3. The van der Waals surface area contributed by atoms with Crippen LogP contribution in [0.15, 0.2) is 41.7 Å². The summed E-state index contributed by atoms with van der Waals surface area (Å²) < 4.78 is 55.4. The minimum atomic E-state index is -4.90. The fraction of sp³-hybridized carbons (Fsp3) is 0.474. The fourth-order valence-corrected chi connectivity index (χ4v) is 2.83. The third-order valence-electron chi connectivity index (χ3n) is 4.39. The molecule has 0 aliphatic rings. The number of aliphatic imine (C=N–C) groups is 1. The number of imidazole rings is 1. The highest BCUT2D eigenvalue weighted by Crippen LogP contribution is 2.40. The van der Waals surface area contributed by atoms with Crippen LogP contribution in [0, 0.1) is 5.82 Å². The number of hydrogen-bond donors (Lipinski definition) is 3. The van der Waals surface area contributed by atoms with Crippen molar-refractivity contribution in [2.75, 3.05) is 19.6 Å². The van der Waals surface area contributed by atoms with Crippen LogP contribution in [0.4, 0.5) is 17.6 Å². The Bertz CT molecular complexity index is 827. The van der Waals surface area contributed by atoms with Gasteiger partial charge in [-0.25, -0.2) is 9.37 Å². The van der Waals surface area contributed by atoms with Crippen LogP contribution in [0.25, 0.3) is 0 Å². The second kappa shape index (κ2) is 11.5. The Kier molecular flexibility index (Phi) is 10.0. The molecular weight excluding hydrogens is 517 g/mol. The molecule has 11 heteroatoms. The van der Waals surface area contributed by atoms with Crippen molar-refractivity contribution < 1.29 is 22.7 Å². The molecule has 1 unspecified atom stereocenters. The maximum absolute atomic E-state index is 13.7. The fourth-order valence-electron chi connectivity index (χ4n) is 2.83.